The Labute approximate surface area is 221 Å². The number of nitrogens with one attached hydrogen (secondary N) is 1. The van der Waals surface area contributed by atoms with E-state index >= 15 is 0 Å². The first-order valence-electron chi connectivity index (χ1n) is 12.5. The Hall–Kier alpha value is -2.09. The standard InChI is InChI=1S/C28H43ClN2O5/c1-26(2,3)35-24(32)22-20(30-15-10-16-31(8)9)17-28(7,34)23(25(33)36-27(4,5)6)21(22)18-11-13-19(29)14-12-18/h11-14,21,23,30,34H,10,15-17H2,1-9H3/t21-,23-,28-/m1/s1. The lowest BCUT2D eigenvalue weighted by Gasteiger charge is -2.44. The normalized spacial score (nSPS) is 23.0. The third-order valence-electron chi connectivity index (χ3n) is 5.80. The van der Waals surface area contributed by atoms with Gasteiger partial charge in [0.1, 0.15) is 11.2 Å². The van der Waals surface area contributed by atoms with Crippen LogP contribution in [0.25, 0.3) is 0 Å². The summed E-state index contributed by atoms with van der Waals surface area (Å²) in [7, 11) is 4.00. The van der Waals surface area contributed by atoms with Gasteiger partial charge in [0, 0.05) is 29.6 Å². The van der Waals surface area contributed by atoms with Gasteiger partial charge >= 0.3 is 11.9 Å². The number of ether oxygens (including phenoxy) is 2. The number of aliphatic hydroxyl groups is 1. The van der Waals surface area contributed by atoms with E-state index in [0.717, 1.165) is 13.0 Å². The minimum absolute atomic E-state index is 0.0809. The minimum Gasteiger partial charge on any atom is -0.460 e. The molecule has 0 spiro atoms. The summed E-state index contributed by atoms with van der Waals surface area (Å²) < 4.78 is 11.6. The van der Waals surface area contributed by atoms with Crippen molar-refractivity contribution in [1.82, 2.24) is 10.2 Å². The first kappa shape index (κ1) is 30.1. The SMILES string of the molecule is CN(C)CCCNC1=C(C(=O)OC(C)(C)C)[C@@H](c2ccc(Cl)cc2)[C@H](C(=O)OC(C)(C)C)[C@](C)(O)C1. The Kier molecular flexibility index (Phi) is 9.65. The van der Waals surface area contributed by atoms with Crippen LogP contribution >= 0.6 is 11.6 Å². The van der Waals surface area contributed by atoms with E-state index in [1.165, 1.54) is 0 Å². The summed E-state index contributed by atoms with van der Waals surface area (Å²) in [5.41, 5.74) is -1.41. The number of carbonyl (C=O) groups excluding carboxylic acids is 2. The number of halogens is 1. The summed E-state index contributed by atoms with van der Waals surface area (Å²) in [6, 6.07) is 6.98. The Morgan fingerprint density at radius 1 is 1.08 bits per heavy atom. The Morgan fingerprint density at radius 3 is 2.14 bits per heavy atom. The molecule has 0 bridgehead atoms. The molecule has 0 aromatic heterocycles. The van der Waals surface area contributed by atoms with Crippen LogP contribution < -0.4 is 5.32 Å². The predicted molar refractivity (Wildman–Crippen MR) is 143 cm³/mol. The van der Waals surface area contributed by atoms with Gasteiger partial charge in [-0.15, -0.1) is 0 Å². The lowest BCUT2D eigenvalue weighted by Crippen LogP contribution is -2.52. The molecule has 0 saturated carbocycles. The highest BCUT2D eigenvalue weighted by atomic mass is 35.5. The van der Waals surface area contributed by atoms with E-state index in [2.05, 4.69) is 10.2 Å². The van der Waals surface area contributed by atoms with Crippen LogP contribution in [0.1, 0.15) is 72.8 Å². The maximum Gasteiger partial charge on any atom is 0.336 e. The summed E-state index contributed by atoms with van der Waals surface area (Å²) in [4.78, 5) is 29.3. The van der Waals surface area contributed by atoms with Crippen LogP contribution in [-0.4, -0.2) is 65.9 Å². The summed E-state index contributed by atoms with van der Waals surface area (Å²) in [5.74, 6) is -2.93. The maximum atomic E-state index is 13.7. The maximum absolute atomic E-state index is 13.7. The third kappa shape index (κ3) is 8.49. The van der Waals surface area contributed by atoms with Crippen molar-refractivity contribution in [2.45, 2.75) is 84.0 Å². The molecule has 7 nitrogen and oxygen atoms in total. The highest BCUT2D eigenvalue weighted by Gasteiger charge is 2.53. The highest BCUT2D eigenvalue weighted by Crippen LogP contribution is 2.48. The Morgan fingerprint density at radius 2 is 1.64 bits per heavy atom. The van der Waals surface area contributed by atoms with Gasteiger partial charge in [-0.05, 0) is 93.2 Å². The Balaban J connectivity index is 2.70. The van der Waals surface area contributed by atoms with Crippen LogP contribution in [-0.2, 0) is 19.1 Å². The van der Waals surface area contributed by atoms with Gasteiger partial charge in [0.15, 0.2) is 0 Å². The number of carbonyl (C=O) groups is 2. The number of esters is 2. The molecule has 1 aliphatic carbocycles. The molecule has 0 saturated heterocycles. The molecule has 1 aromatic rings. The molecule has 2 N–H and O–H groups in total. The average molecular weight is 523 g/mol. The fourth-order valence-corrected chi connectivity index (χ4v) is 4.56. The van der Waals surface area contributed by atoms with Gasteiger partial charge in [-0.1, -0.05) is 23.7 Å². The fraction of sp³-hybridized carbons (Fsp3) is 0.643. The van der Waals surface area contributed by atoms with Crippen molar-refractivity contribution in [2.75, 3.05) is 27.2 Å². The smallest absolute Gasteiger partial charge is 0.336 e. The van der Waals surface area contributed by atoms with Gasteiger partial charge in [-0.25, -0.2) is 4.79 Å². The molecule has 2 rings (SSSR count). The fourth-order valence-electron chi connectivity index (χ4n) is 4.44. The van der Waals surface area contributed by atoms with Crippen molar-refractivity contribution in [1.29, 1.82) is 0 Å². The summed E-state index contributed by atoms with van der Waals surface area (Å²) in [5, 5.41) is 15.6. The van der Waals surface area contributed by atoms with Gasteiger partial charge in [-0.3, -0.25) is 4.79 Å². The van der Waals surface area contributed by atoms with Crippen molar-refractivity contribution in [3.8, 4) is 0 Å². The zero-order valence-corrected chi connectivity index (χ0v) is 24.0. The quantitative estimate of drug-likeness (QED) is 0.379. The van der Waals surface area contributed by atoms with E-state index in [-0.39, 0.29) is 6.42 Å². The van der Waals surface area contributed by atoms with Crippen molar-refractivity contribution >= 4 is 23.5 Å². The molecule has 0 fully saturated rings. The lowest BCUT2D eigenvalue weighted by molar-refractivity contribution is -0.171. The molecule has 0 heterocycles. The largest absolute Gasteiger partial charge is 0.460 e. The number of nitrogens with zero attached hydrogens (tertiary/aromatic N) is 1. The summed E-state index contributed by atoms with van der Waals surface area (Å²) >= 11 is 6.16. The molecule has 36 heavy (non-hydrogen) atoms. The number of hydrogen-bond donors (Lipinski definition) is 2. The first-order valence-corrected chi connectivity index (χ1v) is 12.8. The molecule has 8 heteroatoms. The molecule has 3 atom stereocenters. The molecule has 0 aliphatic heterocycles. The molecule has 1 aromatic carbocycles. The lowest BCUT2D eigenvalue weighted by atomic mass is 9.65. The molecule has 202 valence electrons. The van der Waals surface area contributed by atoms with E-state index in [9.17, 15) is 14.7 Å². The van der Waals surface area contributed by atoms with Crippen LogP contribution in [0, 0.1) is 5.92 Å². The summed E-state index contributed by atoms with van der Waals surface area (Å²) in [6.07, 6.45) is 0.916. The highest BCUT2D eigenvalue weighted by molar-refractivity contribution is 6.30. The summed E-state index contributed by atoms with van der Waals surface area (Å²) in [6.45, 7) is 13.8. The molecular formula is C28H43ClN2O5. The van der Waals surface area contributed by atoms with Crippen molar-refractivity contribution < 1.29 is 24.2 Å². The van der Waals surface area contributed by atoms with E-state index in [1.54, 1.807) is 72.7 Å². The van der Waals surface area contributed by atoms with E-state index in [0.29, 0.717) is 28.4 Å². The van der Waals surface area contributed by atoms with Crippen LogP contribution in [0.15, 0.2) is 35.5 Å². The van der Waals surface area contributed by atoms with Crippen LogP contribution in [0.2, 0.25) is 5.02 Å². The number of hydrogen-bond acceptors (Lipinski definition) is 7. The predicted octanol–water partition coefficient (Wildman–Crippen LogP) is 4.67. The second kappa shape index (κ2) is 11.5. The second-order valence-corrected chi connectivity index (χ2v) is 12.5. The van der Waals surface area contributed by atoms with Crippen LogP contribution in [0.4, 0.5) is 0 Å². The Bertz CT molecular complexity index is 956. The van der Waals surface area contributed by atoms with Gasteiger partial charge in [0.25, 0.3) is 0 Å². The third-order valence-corrected chi connectivity index (χ3v) is 6.06. The molecule has 0 amide bonds. The van der Waals surface area contributed by atoms with Crippen LogP contribution in [0.3, 0.4) is 0 Å². The van der Waals surface area contributed by atoms with Crippen molar-refractivity contribution in [2.24, 2.45) is 5.92 Å². The number of rotatable bonds is 8. The van der Waals surface area contributed by atoms with Crippen molar-refractivity contribution in [3.05, 3.63) is 46.1 Å². The topological polar surface area (TPSA) is 88.1 Å². The van der Waals surface area contributed by atoms with Crippen LogP contribution in [0.5, 0.6) is 0 Å². The monoisotopic (exact) mass is 522 g/mol. The second-order valence-electron chi connectivity index (χ2n) is 12.1. The van der Waals surface area contributed by atoms with Gasteiger partial charge in [-0.2, -0.15) is 0 Å². The van der Waals surface area contributed by atoms with E-state index < -0.39 is 40.6 Å². The van der Waals surface area contributed by atoms with E-state index in [1.807, 2.05) is 14.1 Å². The zero-order valence-electron chi connectivity index (χ0n) is 23.2. The first-order chi connectivity index (χ1) is 16.4. The van der Waals surface area contributed by atoms with E-state index in [4.69, 9.17) is 21.1 Å². The van der Waals surface area contributed by atoms with Gasteiger partial charge < -0.3 is 24.8 Å². The molecule has 0 radical (unpaired) electrons. The van der Waals surface area contributed by atoms with Gasteiger partial charge in [0.05, 0.1) is 17.1 Å². The number of benzene rings is 1. The van der Waals surface area contributed by atoms with Crippen molar-refractivity contribution in [3.63, 3.8) is 0 Å². The average Bonchev–Trinajstić information content (AvgIpc) is 2.67. The van der Waals surface area contributed by atoms with Gasteiger partial charge in [0.2, 0.25) is 0 Å². The zero-order chi connectivity index (χ0) is 27.5. The molecular weight excluding hydrogens is 480 g/mol. The molecule has 0 unspecified atom stereocenters. The molecule has 1 aliphatic rings. The minimum atomic E-state index is -1.48.